The number of hydrogen-bond acceptors (Lipinski definition) is 4. The predicted octanol–water partition coefficient (Wildman–Crippen LogP) is 2.54. The van der Waals surface area contributed by atoms with Crippen LogP contribution in [-0.2, 0) is 6.42 Å². The first-order chi connectivity index (χ1) is 9.01. The molecule has 1 fully saturated rings. The summed E-state index contributed by atoms with van der Waals surface area (Å²) in [6, 6.07) is 2.52. The van der Waals surface area contributed by atoms with Crippen LogP contribution in [0.15, 0.2) is 6.07 Å². The lowest BCUT2D eigenvalue weighted by molar-refractivity contribution is 0.188. The maximum atomic E-state index is 4.53. The summed E-state index contributed by atoms with van der Waals surface area (Å²) in [4.78, 5) is 8.94. The molecule has 1 atom stereocenters. The van der Waals surface area contributed by atoms with Gasteiger partial charge in [0, 0.05) is 30.8 Å². The lowest BCUT2D eigenvalue weighted by Crippen LogP contribution is -2.50. The predicted molar refractivity (Wildman–Crippen MR) is 79.4 cm³/mol. The fourth-order valence-corrected chi connectivity index (χ4v) is 2.70. The van der Waals surface area contributed by atoms with Gasteiger partial charge in [-0.05, 0) is 31.7 Å². The van der Waals surface area contributed by atoms with Gasteiger partial charge < -0.3 is 10.6 Å². The Morgan fingerprint density at radius 1 is 1.42 bits per heavy atom. The van der Waals surface area contributed by atoms with Crippen LogP contribution >= 0.6 is 0 Å². The molecule has 0 spiro atoms. The molecule has 0 saturated carbocycles. The minimum absolute atomic E-state index is 0.348. The van der Waals surface area contributed by atoms with Gasteiger partial charge in [-0.15, -0.1) is 0 Å². The van der Waals surface area contributed by atoms with Crippen LogP contribution in [0.3, 0.4) is 0 Å². The Kier molecular flexibility index (Phi) is 4.40. The van der Waals surface area contributed by atoms with Crippen LogP contribution < -0.4 is 10.6 Å². The highest BCUT2D eigenvalue weighted by molar-refractivity contribution is 5.36. The van der Waals surface area contributed by atoms with Gasteiger partial charge in [0.05, 0.1) is 0 Å². The summed E-state index contributed by atoms with van der Waals surface area (Å²) in [6.45, 7) is 10.8. The zero-order chi connectivity index (χ0) is 13.9. The average molecular weight is 262 g/mol. The number of aromatic nitrogens is 2. The van der Waals surface area contributed by atoms with E-state index in [0.29, 0.717) is 11.5 Å². The van der Waals surface area contributed by atoms with Gasteiger partial charge in [0.25, 0.3) is 0 Å². The van der Waals surface area contributed by atoms with E-state index in [2.05, 4.69) is 41.4 Å². The second kappa shape index (κ2) is 5.87. The second-order valence-corrected chi connectivity index (χ2v) is 6.14. The highest BCUT2D eigenvalue weighted by Crippen LogP contribution is 2.30. The molecule has 0 radical (unpaired) electrons. The minimum atomic E-state index is 0.348. The summed E-state index contributed by atoms with van der Waals surface area (Å²) in [6.07, 6.45) is 3.44. The van der Waals surface area contributed by atoms with Crippen molar-refractivity contribution in [2.45, 2.75) is 53.0 Å². The van der Waals surface area contributed by atoms with Gasteiger partial charge in [0.1, 0.15) is 11.6 Å². The van der Waals surface area contributed by atoms with Gasteiger partial charge in [0.15, 0.2) is 0 Å². The van der Waals surface area contributed by atoms with Crippen molar-refractivity contribution in [3.8, 4) is 0 Å². The smallest absolute Gasteiger partial charge is 0.130 e. The van der Waals surface area contributed by atoms with Crippen molar-refractivity contribution in [2.24, 2.45) is 5.41 Å². The molecule has 1 aromatic rings. The molecule has 4 heteroatoms. The van der Waals surface area contributed by atoms with Gasteiger partial charge >= 0.3 is 0 Å². The van der Waals surface area contributed by atoms with Crippen LogP contribution in [0, 0.1) is 12.3 Å². The van der Waals surface area contributed by atoms with E-state index in [9.17, 15) is 0 Å². The molecular weight excluding hydrogens is 236 g/mol. The highest BCUT2D eigenvalue weighted by atomic mass is 15.1. The SMILES string of the molecule is CCc1nc(C)cc(NCC2NCCCC2(C)C)n1. The number of piperidine rings is 1. The molecule has 0 bridgehead atoms. The van der Waals surface area contributed by atoms with E-state index >= 15 is 0 Å². The summed E-state index contributed by atoms with van der Waals surface area (Å²) < 4.78 is 0. The summed E-state index contributed by atoms with van der Waals surface area (Å²) in [7, 11) is 0. The number of nitrogens with zero attached hydrogens (tertiary/aromatic N) is 2. The van der Waals surface area contributed by atoms with Crippen molar-refractivity contribution in [3.05, 3.63) is 17.6 Å². The van der Waals surface area contributed by atoms with Crippen LogP contribution in [0.25, 0.3) is 0 Å². The van der Waals surface area contributed by atoms with Crippen molar-refractivity contribution >= 4 is 5.82 Å². The van der Waals surface area contributed by atoms with E-state index in [4.69, 9.17) is 0 Å². The first-order valence-corrected chi connectivity index (χ1v) is 7.33. The third-order valence-corrected chi connectivity index (χ3v) is 4.04. The standard InChI is InChI=1S/C15H26N4/c1-5-13-18-11(2)9-14(19-13)17-10-12-15(3,4)7-6-8-16-12/h9,12,16H,5-8,10H2,1-4H3,(H,17,18,19). The fourth-order valence-electron chi connectivity index (χ4n) is 2.70. The van der Waals surface area contributed by atoms with E-state index in [1.807, 2.05) is 13.0 Å². The van der Waals surface area contributed by atoms with E-state index < -0.39 is 0 Å². The Morgan fingerprint density at radius 3 is 2.89 bits per heavy atom. The fraction of sp³-hybridized carbons (Fsp3) is 0.733. The number of hydrogen-bond donors (Lipinski definition) is 2. The molecule has 0 aliphatic carbocycles. The molecule has 0 amide bonds. The molecule has 2 N–H and O–H groups in total. The van der Waals surface area contributed by atoms with Crippen LogP contribution in [0.4, 0.5) is 5.82 Å². The monoisotopic (exact) mass is 262 g/mol. The summed E-state index contributed by atoms with van der Waals surface area (Å²) in [5, 5.41) is 7.09. The van der Waals surface area contributed by atoms with Gasteiger partial charge in [0.2, 0.25) is 0 Å². The molecule has 106 valence electrons. The first-order valence-electron chi connectivity index (χ1n) is 7.33. The van der Waals surface area contributed by atoms with E-state index in [1.54, 1.807) is 0 Å². The first kappa shape index (κ1) is 14.3. The third-order valence-electron chi connectivity index (χ3n) is 4.04. The van der Waals surface area contributed by atoms with Gasteiger partial charge in [-0.3, -0.25) is 0 Å². The van der Waals surface area contributed by atoms with E-state index in [-0.39, 0.29) is 0 Å². The number of rotatable bonds is 4. The molecule has 1 unspecified atom stereocenters. The average Bonchev–Trinajstić information content (AvgIpc) is 2.36. The maximum Gasteiger partial charge on any atom is 0.130 e. The molecule has 1 aliphatic heterocycles. The lowest BCUT2D eigenvalue weighted by Gasteiger charge is -2.39. The third kappa shape index (κ3) is 3.66. The highest BCUT2D eigenvalue weighted by Gasteiger charge is 2.31. The van der Waals surface area contributed by atoms with Crippen molar-refractivity contribution in [3.63, 3.8) is 0 Å². The van der Waals surface area contributed by atoms with Gasteiger partial charge in [-0.1, -0.05) is 20.8 Å². The Balaban J connectivity index is 2.00. The molecule has 1 saturated heterocycles. The zero-order valence-electron chi connectivity index (χ0n) is 12.6. The maximum absolute atomic E-state index is 4.53. The Morgan fingerprint density at radius 2 is 2.21 bits per heavy atom. The van der Waals surface area contributed by atoms with Gasteiger partial charge in [-0.25, -0.2) is 9.97 Å². The quantitative estimate of drug-likeness (QED) is 0.875. The van der Waals surface area contributed by atoms with Crippen molar-refractivity contribution in [1.82, 2.24) is 15.3 Å². The molecule has 2 heterocycles. The van der Waals surface area contributed by atoms with Crippen molar-refractivity contribution in [2.75, 3.05) is 18.4 Å². The number of anilines is 1. The largest absolute Gasteiger partial charge is 0.368 e. The normalized spacial score (nSPS) is 22.2. The molecule has 1 aromatic heterocycles. The van der Waals surface area contributed by atoms with Crippen LogP contribution in [0.2, 0.25) is 0 Å². The molecule has 4 nitrogen and oxygen atoms in total. The topological polar surface area (TPSA) is 49.8 Å². The van der Waals surface area contributed by atoms with Crippen molar-refractivity contribution in [1.29, 1.82) is 0 Å². The lowest BCUT2D eigenvalue weighted by atomic mass is 9.77. The van der Waals surface area contributed by atoms with E-state index in [1.165, 1.54) is 12.8 Å². The number of aryl methyl sites for hydroxylation is 2. The zero-order valence-corrected chi connectivity index (χ0v) is 12.6. The van der Waals surface area contributed by atoms with Crippen LogP contribution in [0.1, 0.15) is 45.1 Å². The summed E-state index contributed by atoms with van der Waals surface area (Å²) >= 11 is 0. The Bertz CT molecular complexity index is 428. The van der Waals surface area contributed by atoms with Gasteiger partial charge in [-0.2, -0.15) is 0 Å². The minimum Gasteiger partial charge on any atom is -0.368 e. The Labute approximate surface area is 116 Å². The number of nitrogens with one attached hydrogen (secondary N) is 2. The molecule has 0 aromatic carbocycles. The summed E-state index contributed by atoms with van der Waals surface area (Å²) in [5.74, 6) is 1.87. The summed E-state index contributed by atoms with van der Waals surface area (Å²) in [5.41, 5.74) is 1.38. The second-order valence-electron chi connectivity index (χ2n) is 6.14. The van der Waals surface area contributed by atoms with Crippen LogP contribution in [-0.4, -0.2) is 29.1 Å². The molecular formula is C15H26N4. The van der Waals surface area contributed by atoms with E-state index in [0.717, 1.165) is 36.8 Å². The molecule has 19 heavy (non-hydrogen) atoms. The molecule has 1 aliphatic rings. The molecule has 2 rings (SSSR count). The van der Waals surface area contributed by atoms with Crippen molar-refractivity contribution < 1.29 is 0 Å². The van der Waals surface area contributed by atoms with Crippen LogP contribution in [0.5, 0.6) is 0 Å². The Hall–Kier alpha value is -1.16.